The molecule has 1 heterocycles. The Morgan fingerprint density at radius 2 is 1.94 bits per heavy atom. The predicted molar refractivity (Wildman–Crippen MR) is 67.8 cm³/mol. The molecule has 0 bridgehead atoms. The van der Waals surface area contributed by atoms with Crippen LogP contribution in [0.15, 0.2) is 36.4 Å². The van der Waals surface area contributed by atoms with E-state index in [4.69, 9.17) is 22.2 Å². The van der Waals surface area contributed by atoms with E-state index < -0.39 is 0 Å². The van der Waals surface area contributed by atoms with Crippen molar-refractivity contribution in [3.8, 4) is 5.75 Å². The zero-order valence-electron chi connectivity index (χ0n) is 9.36. The Morgan fingerprint density at radius 1 is 1.22 bits per heavy atom. The summed E-state index contributed by atoms with van der Waals surface area (Å²) < 4.78 is 18.1. The minimum atomic E-state index is -0.312. The molecular formula is C12H11ClFN3O. The minimum Gasteiger partial charge on any atom is -0.487 e. The first-order chi connectivity index (χ1) is 8.69. The second kappa shape index (κ2) is 5.66. The average molecular weight is 268 g/mol. The van der Waals surface area contributed by atoms with Crippen LogP contribution in [0, 0.1) is 5.82 Å². The normalized spacial score (nSPS) is 10.2. The number of rotatable bonds is 4. The van der Waals surface area contributed by atoms with Gasteiger partial charge in [0.05, 0.1) is 10.7 Å². The van der Waals surface area contributed by atoms with E-state index in [1.165, 1.54) is 24.3 Å². The number of nitrogens with one attached hydrogen (secondary N) is 1. The van der Waals surface area contributed by atoms with Crippen molar-refractivity contribution in [3.63, 3.8) is 0 Å². The molecule has 3 N–H and O–H groups in total. The summed E-state index contributed by atoms with van der Waals surface area (Å²) in [4.78, 5) is 4.16. The van der Waals surface area contributed by atoms with Gasteiger partial charge in [-0.2, -0.15) is 0 Å². The maximum absolute atomic E-state index is 12.7. The summed E-state index contributed by atoms with van der Waals surface area (Å²) in [5.41, 5.74) is 2.98. The lowest BCUT2D eigenvalue weighted by molar-refractivity contribution is 0.301. The van der Waals surface area contributed by atoms with Crippen LogP contribution in [0.1, 0.15) is 5.69 Å². The number of hydrogen-bond acceptors (Lipinski definition) is 4. The van der Waals surface area contributed by atoms with Crippen LogP contribution in [0.3, 0.4) is 0 Å². The monoisotopic (exact) mass is 267 g/mol. The summed E-state index contributed by atoms with van der Waals surface area (Å²) in [6.45, 7) is 0.181. The Kier molecular flexibility index (Phi) is 3.96. The zero-order valence-corrected chi connectivity index (χ0v) is 10.1. The van der Waals surface area contributed by atoms with Crippen molar-refractivity contribution in [1.82, 2.24) is 4.98 Å². The topological polar surface area (TPSA) is 60.2 Å². The van der Waals surface area contributed by atoms with Crippen LogP contribution in [-0.2, 0) is 6.61 Å². The van der Waals surface area contributed by atoms with Crippen molar-refractivity contribution < 1.29 is 9.13 Å². The molecule has 6 heteroatoms. The minimum absolute atomic E-state index is 0.181. The smallest absolute Gasteiger partial charge is 0.140 e. The van der Waals surface area contributed by atoms with Crippen LogP contribution in [0.5, 0.6) is 5.75 Å². The molecule has 1 aromatic carbocycles. The standard InChI is InChI=1S/C12H11ClFN3O/c13-10-5-6-12(17-15)16-11(10)7-18-9-3-1-8(14)2-4-9/h1-6H,7,15H2,(H,16,17). The van der Waals surface area contributed by atoms with Crippen molar-refractivity contribution in [2.75, 3.05) is 5.43 Å². The second-order valence-corrected chi connectivity index (χ2v) is 3.92. The molecule has 0 unspecified atom stereocenters. The van der Waals surface area contributed by atoms with Crippen molar-refractivity contribution >= 4 is 17.4 Å². The fourth-order valence-corrected chi connectivity index (χ4v) is 1.51. The molecule has 0 atom stereocenters. The summed E-state index contributed by atoms with van der Waals surface area (Å²) in [5.74, 6) is 5.98. The van der Waals surface area contributed by atoms with Gasteiger partial charge in [-0.1, -0.05) is 11.6 Å². The summed E-state index contributed by atoms with van der Waals surface area (Å²) in [7, 11) is 0. The number of nitrogens with zero attached hydrogens (tertiary/aromatic N) is 1. The second-order valence-electron chi connectivity index (χ2n) is 3.51. The summed E-state index contributed by atoms with van der Waals surface area (Å²) >= 11 is 5.97. The van der Waals surface area contributed by atoms with Gasteiger partial charge >= 0.3 is 0 Å². The van der Waals surface area contributed by atoms with E-state index in [2.05, 4.69) is 10.4 Å². The van der Waals surface area contributed by atoms with Crippen LogP contribution in [0.2, 0.25) is 5.02 Å². The van der Waals surface area contributed by atoms with Gasteiger partial charge in [0.1, 0.15) is 24.0 Å². The lowest BCUT2D eigenvalue weighted by atomic mass is 10.3. The van der Waals surface area contributed by atoms with Gasteiger partial charge in [-0.05, 0) is 36.4 Å². The van der Waals surface area contributed by atoms with Crippen molar-refractivity contribution in [3.05, 3.63) is 52.9 Å². The van der Waals surface area contributed by atoms with Gasteiger partial charge in [0.15, 0.2) is 0 Å². The van der Waals surface area contributed by atoms with Crippen LogP contribution >= 0.6 is 11.6 Å². The van der Waals surface area contributed by atoms with E-state index in [0.29, 0.717) is 22.3 Å². The van der Waals surface area contributed by atoms with E-state index >= 15 is 0 Å². The first kappa shape index (κ1) is 12.6. The SMILES string of the molecule is NNc1ccc(Cl)c(COc2ccc(F)cc2)n1. The maximum Gasteiger partial charge on any atom is 0.140 e. The first-order valence-corrected chi connectivity index (χ1v) is 5.57. The number of ether oxygens (including phenoxy) is 1. The zero-order chi connectivity index (χ0) is 13.0. The molecule has 2 aromatic rings. The van der Waals surface area contributed by atoms with E-state index in [0.717, 1.165) is 0 Å². The van der Waals surface area contributed by atoms with Crippen molar-refractivity contribution in [1.29, 1.82) is 0 Å². The number of benzene rings is 1. The quantitative estimate of drug-likeness (QED) is 0.661. The molecule has 2 rings (SSSR count). The number of nitrogen functional groups attached to an aromatic ring is 1. The lowest BCUT2D eigenvalue weighted by Gasteiger charge is -2.08. The van der Waals surface area contributed by atoms with E-state index in [1.807, 2.05) is 0 Å². The molecule has 0 aliphatic carbocycles. The van der Waals surface area contributed by atoms with Gasteiger partial charge < -0.3 is 10.2 Å². The largest absolute Gasteiger partial charge is 0.487 e. The summed E-state index contributed by atoms with van der Waals surface area (Å²) in [6.07, 6.45) is 0. The third-order valence-corrected chi connectivity index (χ3v) is 2.60. The molecule has 0 fully saturated rings. The molecule has 1 aromatic heterocycles. The number of nitrogens with two attached hydrogens (primary N) is 1. The molecule has 4 nitrogen and oxygen atoms in total. The highest BCUT2D eigenvalue weighted by atomic mass is 35.5. The molecule has 0 aliphatic rings. The Morgan fingerprint density at radius 3 is 2.61 bits per heavy atom. The Labute approximate surface area is 109 Å². The molecule has 0 saturated heterocycles. The third-order valence-electron chi connectivity index (χ3n) is 2.26. The van der Waals surface area contributed by atoms with Gasteiger partial charge in [-0.3, -0.25) is 0 Å². The number of hydrazine groups is 1. The number of halogens is 2. The fourth-order valence-electron chi connectivity index (χ4n) is 1.35. The van der Waals surface area contributed by atoms with E-state index in [9.17, 15) is 4.39 Å². The third kappa shape index (κ3) is 3.09. The predicted octanol–water partition coefficient (Wildman–Crippen LogP) is 2.74. The van der Waals surface area contributed by atoms with Gasteiger partial charge in [0.25, 0.3) is 0 Å². The van der Waals surface area contributed by atoms with Crippen LogP contribution in [-0.4, -0.2) is 4.98 Å². The first-order valence-electron chi connectivity index (χ1n) is 5.19. The van der Waals surface area contributed by atoms with Crippen molar-refractivity contribution in [2.24, 2.45) is 5.84 Å². The van der Waals surface area contributed by atoms with Crippen LogP contribution in [0.4, 0.5) is 10.2 Å². The highest BCUT2D eigenvalue weighted by molar-refractivity contribution is 6.31. The van der Waals surface area contributed by atoms with Gasteiger partial charge in [0, 0.05) is 0 Å². The Bertz CT molecular complexity index is 533. The number of hydrogen-bond donors (Lipinski definition) is 2. The highest BCUT2D eigenvalue weighted by Crippen LogP contribution is 2.19. The Hall–Kier alpha value is -1.85. The molecule has 18 heavy (non-hydrogen) atoms. The van der Waals surface area contributed by atoms with Gasteiger partial charge in [-0.25, -0.2) is 15.2 Å². The number of pyridine rings is 1. The molecule has 0 amide bonds. The van der Waals surface area contributed by atoms with Gasteiger partial charge in [-0.15, -0.1) is 0 Å². The van der Waals surface area contributed by atoms with Crippen molar-refractivity contribution in [2.45, 2.75) is 6.61 Å². The molecule has 0 spiro atoms. The molecule has 0 saturated carbocycles. The number of aromatic nitrogens is 1. The van der Waals surface area contributed by atoms with E-state index in [1.54, 1.807) is 12.1 Å². The molecule has 0 radical (unpaired) electrons. The maximum atomic E-state index is 12.7. The van der Waals surface area contributed by atoms with Crippen LogP contribution < -0.4 is 16.0 Å². The molecule has 94 valence electrons. The summed E-state index contributed by atoms with van der Waals surface area (Å²) in [5, 5.41) is 0.483. The van der Waals surface area contributed by atoms with E-state index in [-0.39, 0.29) is 12.4 Å². The number of anilines is 1. The summed E-state index contributed by atoms with van der Waals surface area (Å²) in [6, 6.07) is 9.05. The highest BCUT2D eigenvalue weighted by Gasteiger charge is 2.05. The fraction of sp³-hybridized carbons (Fsp3) is 0.0833. The molecular weight excluding hydrogens is 257 g/mol. The Balaban J connectivity index is 2.07. The van der Waals surface area contributed by atoms with Gasteiger partial charge in [0.2, 0.25) is 0 Å². The lowest BCUT2D eigenvalue weighted by Crippen LogP contribution is -2.10. The molecule has 0 aliphatic heterocycles. The van der Waals surface area contributed by atoms with Crippen LogP contribution in [0.25, 0.3) is 0 Å². The average Bonchev–Trinajstić information content (AvgIpc) is 2.40.